The fourth-order valence-corrected chi connectivity index (χ4v) is 0.574. The van der Waals surface area contributed by atoms with Crippen molar-refractivity contribution in [1.82, 2.24) is 0 Å². The van der Waals surface area contributed by atoms with E-state index >= 15 is 0 Å². The number of rotatable bonds is 6. The van der Waals surface area contributed by atoms with Crippen LogP contribution in [0.5, 0.6) is 0 Å². The highest BCUT2D eigenvalue weighted by Gasteiger charge is 2.28. The lowest BCUT2D eigenvalue weighted by molar-refractivity contribution is -0.354. The summed E-state index contributed by atoms with van der Waals surface area (Å²) in [6, 6.07) is 0. The molecule has 0 bridgehead atoms. The van der Waals surface area contributed by atoms with Gasteiger partial charge in [0.1, 0.15) is 6.10 Å². The second-order valence-corrected chi connectivity index (χ2v) is 3.74. The van der Waals surface area contributed by atoms with Crippen LogP contribution in [0, 0.1) is 5.41 Å². The first-order valence-corrected chi connectivity index (χ1v) is 5.01. The van der Waals surface area contributed by atoms with Crippen LogP contribution >= 0.6 is 0 Å². The average molecular weight is 258 g/mol. The van der Waals surface area contributed by atoms with Crippen molar-refractivity contribution in [3.8, 4) is 0 Å². The fourth-order valence-electron chi connectivity index (χ4n) is 0.574. The topological polar surface area (TPSA) is 162 Å². The molecule has 0 aliphatic carbocycles. The molecule has 0 amide bonds. The molecule has 0 aromatic heterocycles. The van der Waals surface area contributed by atoms with Crippen LogP contribution in [0.25, 0.3) is 0 Å². The second kappa shape index (κ2) is 8.72. The summed E-state index contributed by atoms with van der Waals surface area (Å²) in [5, 5.41) is 66.9. The maximum atomic E-state index is 8.50. The Bertz CT molecular complexity index is 157. The fraction of sp³-hybridized carbons (Fsp3) is 1.00. The highest BCUT2D eigenvalue weighted by atomic mass is 16.7. The molecule has 1 atom stereocenters. The molecule has 0 fully saturated rings. The van der Waals surface area contributed by atoms with Crippen molar-refractivity contribution in [1.29, 1.82) is 0 Å². The Morgan fingerprint density at radius 1 is 0.824 bits per heavy atom. The molecule has 1 unspecified atom stereocenters. The van der Waals surface area contributed by atoms with Gasteiger partial charge in [-0.15, -0.1) is 0 Å². The second-order valence-electron chi connectivity index (χ2n) is 3.74. The highest BCUT2D eigenvalue weighted by Crippen LogP contribution is 2.11. The van der Waals surface area contributed by atoms with E-state index in [-0.39, 0.29) is 6.42 Å². The first-order valence-electron chi connectivity index (χ1n) is 5.01. The number of aliphatic hydroxyl groups excluding tert-OH is 5. The zero-order valence-corrected chi connectivity index (χ0v) is 9.69. The normalized spacial score (nSPS) is 13.9. The van der Waals surface area contributed by atoms with E-state index in [1.165, 1.54) is 6.92 Å². The molecule has 0 saturated heterocycles. The van der Waals surface area contributed by atoms with Gasteiger partial charge in [-0.05, 0) is 6.42 Å². The molecule has 106 valence electrons. The van der Waals surface area contributed by atoms with Gasteiger partial charge in [0.15, 0.2) is 0 Å². The minimum absolute atomic E-state index is 0.101. The lowest BCUT2D eigenvalue weighted by Crippen LogP contribution is -2.41. The van der Waals surface area contributed by atoms with Gasteiger partial charge >= 0.3 is 5.97 Å². The molecule has 0 aromatic carbocycles. The van der Waals surface area contributed by atoms with E-state index in [1.54, 1.807) is 0 Å². The van der Waals surface area contributed by atoms with Crippen LogP contribution in [0.2, 0.25) is 0 Å². The van der Waals surface area contributed by atoms with Crippen LogP contribution in [0.3, 0.4) is 0 Å². The van der Waals surface area contributed by atoms with E-state index in [1.807, 2.05) is 0 Å². The highest BCUT2D eigenvalue weighted by molar-refractivity contribution is 4.74. The minimum Gasteiger partial charge on any atom is -0.396 e. The van der Waals surface area contributed by atoms with Crippen LogP contribution in [0.4, 0.5) is 0 Å². The van der Waals surface area contributed by atoms with Crippen molar-refractivity contribution in [2.45, 2.75) is 25.4 Å². The molecule has 0 radical (unpaired) electrons. The number of aliphatic hydroxyl groups is 8. The first-order chi connectivity index (χ1) is 7.72. The van der Waals surface area contributed by atoms with Crippen LogP contribution in [0.15, 0.2) is 0 Å². The van der Waals surface area contributed by atoms with E-state index < -0.39 is 43.9 Å². The average Bonchev–Trinajstić information content (AvgIpc) is 2.31. The Morgan fingerprint density at radius 3 is 1.12 bits per heavy atom. The Morgan fingerprint density at radius 2 is 1.12 bits per heavy atom. The third-order valence-electron chi connectivity index (χ3n) is 2.18. The molecule has 0 aliphatic rings. The SMILES string of the molecule is CCC(O)C(O)(O)O.OCC(CO)(CO)CO. The molecule has 0 saturated carbocycles. The van der Waals surface area contributed by atoms with Crippen LogP contribution in [-0.2, 0) is 0 Å². The molecular formula is C9H22O8. The van der Waals surface area contributed by atoms with E-state index in [0.717, 1.165) is 0 Å². The molecule has 17 heavy (non-hydrogen) atoms. The van der Waals surface area contributed by atoms with Gasteiger partial charge in [-0.1, -0.05) is 6.92 Å². The predicted molar refractivity (Wildman–Crippen MR) is 56.5 cm³/mol. The summed E-state index contributed by atoms with van der Waals surface area (Å²) in [5.74, 6) is -2.94. The molecule has 0 rings (SSSR count). The Kier molecular flexibility index (Phi) is 9.77. The molecule has 0 aliphatic heterocycles. The van der Waals surface area contributed by atoms with Gasteiger partial charge in [-0.2, -0.15) is 0 Å². The summed E-state index contributed by atoms with van der Waals surface area (Å²) in [4.78, 5) is 0. The molecule has 0 heterocycles. The van der Waals surface area contributed by atoms with E-state index in [0.29, 0.717) is 0 Å². The van der Waals surface area contributed by atoms with Gasteiger partial charge in [-0.25, -0.2) is 0 Å². The van der Waals surface area contributed by atoms with E-state index in [2.05, 4.69) is 0 Å². The van der Waals surface area contributed by atoms with Crippen molar-refractivity contribution < 1.29 is 40.9 Å². The maximum Gasteiger partial charge on any atom is 0.302 e. The standard InChI is InChI=1S/C5H12O4.C4H10O4/c6-1-5(2-7,3-8)4-9;1-2-3(5)4(6,7)8/h6-9H,1-4H2;3,5-8H,2H2,1H3. The lowest BCUT2D eigenvalue weighted by Gasteiger charge is -2.23. The summed E-state index contributed by atoms with van der Waals surface area (Å²) in [5.41, 5.74) is -1.11. The Hall–Kier alpha value is -0.320. The molecule has 8 heteroatoms. The van der Waals surface area contributed by atoms with Crippen molar-refractivity contribution in [3.05, 3.63) is 0 Å². The monoisotopic (exact) mass is 258 g/mol. The quantitative estimate of drug-likeness (QED) is 0.226. The zero-order valence-electron chi connectivity index (χ0n) is 9.69. The van der Waals surface area contributed by atoms with E-state index in [4.69, 9.17) is 40.9 Å². The zero-order chi connectivity index (χ0) is 14.1. The smallest absolute Gasteiger partial charge is 0.302 e. The van der Waals surface area contributed by atoms with Crippen molar-refractivity contribution in [3.63, 3.8) is 0 Å². The third kappa shape index (κ3) is 7.58. The molecule has 0 spiro atoms. The van der Waals surface area contributed by atoms with Gasteiger partial charge in [0, 0.05) is 0 Å². The summed E-state index contributed by atoms with van der Waals surface area (Å²) in [7, 11) is 0. The predicted octanol–water partition coefficient (Wildman–Crippen LogP) is -3.67. The van der Waals surface area contributed by atoms with E-state index in [9.17, 15) is 0 Å². The van der Waals surface area contributed by atoms with Crippen molar-refractivity contribution >= 4 is 0 Å². The summed E-state index contributed by atoms with van der Waals surface area (Å²) < 4.78 is 0. The van der Waals surface area contributed by atoms with Gasteiger partial charge in [0.2, 0.25) is 0 Å². The minimum atomic E-state index is -2.94. The van der Waals surface area contributed by atoms with Crippen LogP contribution in [0.1, 0.15) is 13.3 Å². The van der Waals surface area contributed by atoms with Gasteiger partial charge in [0.05, 0.1) is 31.8 Å². The maximum absolute atomic E-state index is 8.50. The van der Waals surface area contributed by atoms with Gasteiger partial charge in [-0.3, -0.25) is 0 Å². The largest absolute Gasteiger partial charge is 0.396 e. The Balaban J connectivity index is 0. The summed E-state index contributed by atoms with van der Waals surface area (Å²) >= 11 is 0. The van der Waals surface area contributed by atoms with Gasteiger partial charge in [0.25, 0.3) is 0 Å². The Labute approximate surface area is 99.0 Å². The lowest BCUT2D eigenvalue weighted by atomic mass is 9.93. The summed E-state index contributed by atoms with van der Waals surface area (Å²) in [6.07, 6.45) is -1.38. The number of hydrogen-bond acceptors (Lipinski definition) is 8. The van der Waals surface area contributed by atoms with Crippen molar-refractivity contribution in [2.24, 2.45) is 5.41 Å². The van der Waals surface area contributed by atoms with Crippen molar-refractivity contribution in [2.75, 3.05) is 26.4 Å². The molecular weight excluding hydrogens is 236 g/mol. The van der Waals surface area contributed by atoms with Gasteiger partial charge < -0.3 is 40.9 Å². The molecule has 8 nitrogen and oxygen atoms in total. The number of hydrogen-bond donors (Lipinski definition) is 8. The first kappa shape index (κ1) is 19.0. The van der Waals surface area contributed by atoms with Crippen LogP contribution in [-0.4, -0.2) is 79.4 Å². The summed E-state index contributed by atoms with van der Waals surface area (Å²) in [6.45, 7) is -0.109. The molecule has 8 N–H and O–H groups in total. The molecule has 0 aromatic rings. The van der Waals surface area contributed by atoms with Crippen LogP contribution < -0.4 is 0 Å². The third-order valence-corrected chi connectivity index (χ3v) is 2.18.